The molecule has 6 heterocycles. The fraction of sp³-hybridized carbons (Fsp3) is 0.564. The third kappa shape index (κ3) is 6.83. The van der Waals surface area contributed by atoms with E-state index in [0.717, 1.165) is 88.1 Å². The average molecular weight is 707 g/mol. The van der Waals surface area contributed by atoms with Crippen LogP contribution in [-0.2, 0) is 9.53 Å². The number of nitrogens with zero attached hydrogens (tertiary/aromatic N) is 9. The molecule has 1 spiro atoms. The van der Waals surface area contributed by atoms with E-state index in [-0.39, 0.29) is 34.9 Å². The molecule has 2 saturated heterocycles. The highest BCUT2D eigenvalue weighted by Crippen LogP contribution is 2.47. The lowest BCUT2D eigenvalue weighted by Crippen LogP contribution is -2.60. The van der Waals surface area contributed by atoms with Crippen LogP contribution in [0.2, 0.25) is 0 Å². The molecule has 0 unspecified atom stereocenters. The summed E-state index contributed by atoms with van der Waals surface area (Å²) in [6.45, 7) is 14.8. The number of amides is 2. The number of carbonyl (C=O) groups excluding carboxylic acids is 2. The average Bonchev–Trinajstić information content (AvgIpc) is 3.77. The van der Waals surface area contributed by atoms with E-state index in [0.29, 0.717) is 22.5 Å². The van der Waals surface area contributed by atoms with Crippen molar-refractivity contribution in [3.05, 3.63) is 48.7 Å². The van der Waals surface area contributed by atoms with E-state index in [1.807, 2.05) is 70.2 Å². The second-order valence-electron chi connectivity index (χ2n) is 16.4. The van der Waals surface area contributed by atoms with Gasteiger partial charge in [-0.15, -0.1) is 0 Å². The number of aromatic nitrogens is 6. The normalized spacial score (nSPS) is 18.7. The number of rotatable bonds is 7. The Labute approximate surface area is 305 Å². The summed E-state index contributed by atoms with van der Waals surface area (Å²) in [5.41, 5.74) is 3.41. The van der Waals surface area contributed by atoms with Crippen molar-refractivity contribution in [1.82, 2.24) is 39.6 Å². The van der Waals surface area contributed by atoms with Gasteiger partial charge in [-0.1, -0.05) is 6.92 Å². The molecule has 13 nitrogen and oxygen atoms in total. The van der Waals surface area contributed by atoms with E-state index in [1.54, 1.807) is 10.7 Å². The quantitative estimate of drug-likeness (QED) is 0.231. The molecular formula is C39H50N10O3. The van der Waals surface area contributed by atoms with Gasteiger partial charge in [-0.2, -0.15) is 15.5 Å². The first-order valence-electron chi connectivity index (χ1n) is 18.6. The van der Waals surface area contributed by atoms with Crippen molar-refractivity contribution in [2.75, 3.05) is 31.1 Å². The Hall–Kier alpha value is -4.99. The summed E-state index contributed by atoms with van der Waals surface area (Å²) in [6, 6.07) is 6.66. The van der Waals surface area contributed by atoms with Crippen molar-refractivity contribution >= 4 is 23.3 Å². The van der Waals surface area contributed by atoms with E-state index >= 15 is 0 Å². The number of ether oxygens (including phenoxy) is 1. The predicted octanol–water partition coefficient (Wildman–Crippen LogP) is 6.40. The number of piperidine rings is 1. The minimum atomic E-state index is -0.488. The molecule has 1 aliphatic carbocycles. The van der Waals surface area contributed by atoms with Crippen molar-refractivity contribution in [2.45, 2.75) is 104 Å². The number of hydrogen-bond donors (Lipinski definition) is 1. The maximum atomic E-state index is 13.1. The molecule has 274 valence electrons. The minimum Gasteiger partial charge on any atom is -0.444 e. The lowest BCUT2D eigenvalue weighted by molar-refractivity contribution is -0.133. The topological polar surface area (TPSA) is 147 Å². The van der Waals surface area contributed by atoms with E-state index in [4.69, 9.17) is 19.8 Å². The van der Waals surface area contributed by atoms with Gasteiger partial charge in [0, 0.05) is 61.2 Å². The van der Waals surface area contributed by atoms with Crippen LogP contribution in [0.15, 0.2) is 43.1 Å². The highest BCUT2D eigenvalue weighted by Gasteiger charge is 2.48. The molecule has 4 aromatic rings. The fourth-order valence-corrected chi connectivity index (χ4v) is 8.15. The van der Waals surface area contributed by atoms with Gasteiger partial charge in [-0.05, 0) is 91.7 Å². The fourth-order valence-electron chi connectivity index (χ4n) is 8.15. The first kappa shape index (κ1) is 35.4. The maximum absolute atomic E-state index is 13.1. The third-order valence-electron chi connectivity index (χ3n) is 11.3. The summed E-state index contributed by atoms with van der Waals surface area (Å²) in [5, 5.41) is 22.3. The van der Waals surface area contributed by atoms with Crippen molar-refractivity contribution in [3.63, 3.8) is 0 Å². The summed E-state index contributed by atoms with van der Waals surface area (Å²) in [4.78, 5) is 39.5. The molecule has 3 aliphatic rings. The number of anilines is 1. The Morgan fingerprint density at radius 1 is 1.02 bits per heavy atom. The van der Waals surface area contributed by atoms with Crippen molar-refractivity contribution in [1.29, 1.82) is 5.26 Å². The highest BCUT2D eigenvalue weighted by atomic mass is 16.6. The van der Waals surface area contributed by atoms with Gasteiger partial charge in [-0.3, -0.25) is 9.48 Å². The molecule has 3 fully saturated rings. The van der Waals surface area contributed by atoms with Crippen molar-refractivity contribution < 1.29 is 14.3 Å². The molecule has 2 aliphatic heterocycles. The molecule has 1 saturated carbocycles. The van der Waals surface area contributed by atoms with Crippen LogP contribution in [-0.4, -0.2) is 84.1 Å². The Morgan fingerprint density at radius 2 is 1.75 bits per heavy atom. The number of fused-ring (bicyclic) bond motifs is 1. The molecule has 0 atom stereocenters. The second-order valence-corrected chi connectivity index (χ2v) is 16.4. The lowest BCUT2D eigenvalue weighted by atomic mass is 9.67. The van der Waals surface area contributed by atoms with Gasteiger partial charge in [0.15, 0.2) is 0 Å². The van der Waals surface area contributed by atoms with Crippen LogP contribution in [0.5, 0.6) is 0 Å². The van der Waals surface area contributed by atoms with E-state index in [2.05, 4.69) is 39.2 Å². The zero-order valence-electron chi connectivity index (χ0n) is 31.2. The standard InChI is InChI=1S/C39H50N10O3/c1-7-39(35(50)44-26(2)3)14-16-46(17-15-39)32-9-8-27(19-41-32)33-34-28(18-40)20-43-49(34)23-31(45-33)29-21-42-48(22-29)30-10-12-38(13-11-30)24-47(25-38)36(51)52-37(4,5)6/h8-9,19-23,26,30H,7,10-17,24-25H2,1-6H3,(H,44,50). The lowest BCUT2D eigenvalue weighted by Gasteiger charge is -2.53. The van der Waals surface area contributed by atoms with Gasteiger partial charge >= 0.3 is 6.09 Å². The predicted molar refractivity (Wildman–Crippen MR) is 197 cm³/mol. The molecule has 0 bridgehead atoms. The molecule has 2 amide bonds. The smallest absolute Gasteiger partial charge is 0.410 e. The van der Waals surface area contributed by atoms with Crippen LogP contribution in [0.3, 0.4) is 0 Å². The van der Waals surface area contributed by atoms with Crippen molar-refractivity contribution in [3.8, 4) is 28.6 Å². The molecule has 13 heteroatoms. The molecule has 0 aromatic carbocycles. The maximum Gasteiger partial charge on any atom is 0.410 e. The van der Waals surface area contributed by atoms with Crippen LogP contribution in [0.1, 0.15) is 98.1 Å². The zero-order valence-corrected chi connectivity index (χ0v) is 31.2. The number of carbonyl (C=O) groups is 2. The van der Waals surface area contributed by atoms with Gasteiger partial charge < -0.3 is 19.9 Å². The summed E-state index contributed by atoms with van der Waals surface area (Å²) < 4.78 is 9.34. The summed E-state index contributed by atoms with van der Waals surface area (Å²) in [5.74, 6) is 1.01. The largest absolute Gasteiger partial charge is 0.444 e. The van der Waals surface area contributed by atoms with E-state index < -0.39 is 5.60 Å². The monoisotopic (exact) mass is 706 g/mol. The van der Waals surface area contributed by atoms with Gasteiger partial charge in [0.25, 0.3) is 0 Å². The van der Waals surface area contributed by atoms with Crippen LogP contribution >= 0.6 is 0 Å². The molecule has 0 radical (unpaired) electrons. The first-order chi connectivity index (χ1) is 24.8. The molecule has 7 rings (SSSR count). The summed E-state index contributed by atoms with van der Waals surface area (Å²) in [6.07, 6.45) is 15.3. The Morgan fingerprint density at radius 3 is 2.37 bits per heavy atom. The number of nitrogens with one attached hydrogen (secondary N) is 1. The molecule has 52 heavy (non-hydrogen) atoms. The van der Waals surface area contributed by atoms with Crippen molar-refractivity contribution in [2.24, 2.45) is 10.8 Å². The van der Waals surface area contributed by atoms with Gasteiger partial charge in [0.2, 0.25) is 5.91 Å². The Bertz CT molecular complexity index is 1980. The molecular weight excluding hydrogens is 656 g/mol. The van der Waals surface area contributed by atoms with Crippen LogP contribution < -0.4 is 10.2 Å². The van der Waals surface area contributed by atoms with Gasteiger partial charge in [0.05, 0.1) is 41.4 Å². The molecule has 4 aromatic heterocycles. The van der Waals surface area contributed by atoms with E-state index in [1.165, 1.54) is 0 Å². The number of likely N-dealkylation sites (tertiary alicyclic amines) is 1. The SMILES string of the molecule is CCC1(C(=O)NC(C)C)CCN(c2ccc(-c3nc(-c4cnn(C5CCC6(CC5)CN(C(=O)OC(C)(C)C)C6)c4)cn4ncc(C#N)c34)cn2)CC1. The van der Waals surface area contributed by atoms with Gasteiger partial charge in [0.1, 0.15) is 28.6 Å². The summed E-state index contributed by atoms with van der Waals surface area (Å²) >= 11 is 0. The van der Waals surface area contributed by atoms with E-state index in [9.17, 15) is 14.9 Å². The van der Waals surface area contributed by atoms with Crippen LogP contribution in [0, 0.1) is 22.2 Å². The number of nitriles is 1. The second kappa shape index (κ2) is 13.5. The third-order valence-corrected chi connectivity index (χ3v) is 11.3. The molecule has 1 N–H and O–H groups in total. The Balaban J connectivity index is 1.05. The van der Waals surface area contributed by atoms with Gasteiger partial charge in [-0.25, -0.2) is 19.3 Å². The summed E-state index contributed by atoms with van der Waals surface area (Å²) in [7, 11) is 0. The van der Waals surface area contributed by atoms with Crippen LogP contribution in [0.25, 0.3) is 28.0 Å². The van der Waals surface area contributed by atoms with Crippen LogP contribution in [0.4, 0.5) is 10.6 Å². The highest BCUT2D eigenvalue weighted by molar-refractivity contribution is 5.84. The number of hydrogen-bond acceptors (Lipinski definition) is 9. The Kier molecular flexibility index (Phi) is 9.21. The first-order valence-corrected chi connectivity index (χ1v) is 18.6. The minimum absolute atomic E-state index is 0.119. The number of pyridine rings is 1. The zero-order chi connectivity index (χ0) is 36.8.